The Balaban J connectivity index is 1.59. The van der Waals surface area contributed by atoms with E-state index in [1.807, 2.05) is 22.6 Å². The lowest BCUT2D eigenvalue weighted by Gasteiger charge is -2.17. The fourth-order valence-electron chi connectivity index (χ4n) is 3.53. The Hall–Kier alpha value is -3.20. The highest BCUT2D eigenvalue weighted by Gasteiger charge is 2.18. The Kier molecular flexibility index (Phi) is 6.55. The van der Waals surface area contributed by atoms with Crippen molar-refractivity contribution in [2.24, 2.45) is 0 Å². The van der Waals surface area contributed by atoms with Gasteiger partial charge in [-0.05, 0) is 36.2 Å². The van der Waals surface area contributed by atoms with Crippen LogP contribution in [0.15, 0.2) is 58.5 Å². The third-order valence-corrected chi connectivity index (χ3v) is 6.21. The highest BCUT2D eigenvalue weighted by molar-refractivity contribution is 7.99. The molecular weight excluding hydrogens is 429 g/mol. The van der Waals surface area contributed by atoms with E-state index >= 15 is 0 Å². The molecule has 2 aromatic heterocycles. The van der Waals surface area contributed by atoms with E-state index in [-0.39, 0.29) is 23.0 Å². The van der Waals surface area contributed by atoms with Crippen molar-refractivity contribution in [3.05, 3.63) is 70.3 Å². The Morgan fingerprint density at radius 1 is 1.12 bits per heavy atom. The zero-order chi connectivity index (χ0) is 22.7. The molecule has 32 heavy (non-hydrogen) atoms. The van der Waals surface area contributed by atoms with Gasteiger partial charge in [-0.3, -0.25) is 18.6 Å². The number of halogens is 1. The van der Waals surface area contributed by atoms with Gasteiger partial charge >= 0.3 is 0 Å². The molecule has 166 valence electrons. The van der Waals surface area contributed by atoms with Crippen LogP contribution in [-0.2, 0) is 17.9 Å². The van der Waals surface area contributed by atoms with E-state index in [1.54, 1.807) is 34.7 Å². The minimum absolute atomic E-state index is 0.0828. The van der Waals surface area contributed by atoms with Crippen molar-refractivity contribution in [1.82, 2.24) is 24.1 Å². The summed E-state index contributed by atoms with van der Waals surface area (Å²) in [6.07, 6.45) is 1.81. The monoisotopic (exact) mass is 453 g/mol. The summed E-state index contributed by atoms with van der Waals surface area (Å²) in [5.41, 5.74) is 1.49. The lowest BCUT2D eigenvalue weighted by Crippen LogP contribution is -2.28. The van der Waals surface area contributed by atoms with Crippen molar-refractivity contribution in [2.75, 3.05) is 12.8 Å². The zero-order valence-corrected chi connectivity index (χ0v) is 18.8. The number of fused-ring (bicyclic) bond motifs is 3. The number of para-hydroxylation sites is 1. The third kappa shape index (κ3) is 4.38. The molecule has 0 unspecified atom stereocenters. The van der Waals surface area contributed by atoms with Gasteiger partial charge in [0, 0.05) is 20.1 Å². The number of hydrogen-bond acceptors (Lipinski definition) is 5. The number of carbonyl (C=O) groups excluding carboxylic acids is 1. The SMILES string of the molecule is CCCCn1c(=O)c2ccccc2n2c(SCC(=O)N(C)Cc3ccc(F)cc3)nnc12. The van der Waals surface area contributed by atoms with E-state index in [9.17, 15) is 14.0 Å². The van der Waals surface area contributed by atoms with Gasteiger partial charge in [0.2, 0.25) is 11.7 Å². The van der Waals surface area contributed by atoms with E-state index < -0.39 is 0 Å². The summed E-state index contributed by atoms with van der Waals surface area (Å²) >= 11 is 1.28. The summed E-state index contributed by atoms with van der Waals surface area (Å²) in [6, 6.07) is 13.5. The first kappa shape index (κ1) is 22.0. The molecule has 0 fully saturated rings. The van der Waals surface area contributed by atoms with E-state index in [4.69, 9.17) is 0 Å². The van der Waals surface area contributed by atoms with Gasteiger partial charge in [0.1, 0.15) is 5.82 Å². The second-order valence-corrected chi connectivity index (χ2v) is 8.55. The van der Waals surface area contributed by atoms with E-state index in [0.717, 1.165) is 23.9 Å². The van der Waals surface area contributed by atoms with Crippen molar-refractivity contribution in [3.63, 3.8) is 0 Å². The Morgan fingerprint density at radius 3 is 2.62 bits per heavy atom. The first-order valence-electron chi connectivity index (χ1n) is 10.5. The number of nitrogens with zero attached hydrogens (tertiary/aromatic N) is 5. The maximum absolute atomic E-state index is 13.1. The van der Waals surface area contributed by atoms with Crippen molar-refractivity contribution in [2.45, 2.75) is 38.0 Å². The molecule has 0 saturated carbocycles. The number of thioether (sulfide) groups is 1. The standard InChI is InChI=1S/C23H24FN5O2S/c1-3-4-13-28-21(31)18-7-5-6-8-19(18)29-22(28)25-26-23(29)32-15-20(30)27(2)14-16-9-11-17(24)12-10-16/h5-12H,3-4,13-15H2,1-2H3. The Labute approximate surface area is 188 Å². The first-order valence-corrected chi connectivity index (χ1v) is 11.5. The van der Waals surface area contributed by atoms with Gasteiger partial charge in [0.15, 0.2) is 5.16 Å². The summed E-state index contributed by atoms with van der Waals surface area (Å²) in [6.45, 7) is 3.02. The molecule has 2 heterocycles. The second kappa shape index (κ2) is 9.52. The largest absolute Gasteiger partial charge is 0.341 e. The number of carbonyl (C=O) groups is 1. The minimum Gasteiger partial charge on any atom is -0.341 e. The molecule has 0 N–H and O–H groups in total. The number of benzene rings is 2. The quantitative estimate of drug-likeness (QED) is 0.380. The fourth-order valence-corrected chi connectivity index (χ4v) is 4.41. The van der Waals surface area contributed by atoms with E-state index in [1.165, 1.54) is 23.9 Å². The lowest BCUT2D eigenvalue weighted by atomic mass is 10.2. The van der Waals surface area contributed by atoms with Crippen LogP contribution < -0.4 is 5.56 Å². The summed E-state index contributed by atoms with van der Waals surface area (Å²) in [5, 5.41) is 9.72. The predicted octanol–water partition coefficient (Wildman–Crippen LogP) is 3.73. The normalized spacial score (nSPS) is 11.3. The van der Waals surface area contributed by atoms with Crippen molar-refractivity contribution in [1.29, 1.82) is 0 Å². The number of unbranched alkanes of at least 4 members (excludes halogenated alkanes) is 1. The van der Waals surface area contributed by atoms with Crippen LogP contribution in [0.1, 0.15) is 25.3 Å². The smallest absolute Gasteiger partial charge is 0.262 e. The van der Waals surface area contributed by atoms with Crippen LogP contribution >= 0.6 is 11.8 Å². The number of hydrogen-bond donors (Lipinski definition) is 0. The molecule has 0 radical (unpaired) electrons. The molecule has 7 nitrogen and oxygen atoms in total. The summed E-state index contributed by atoms with van der Waals surface area (Å²) in [4.78, 5) is 27.3. The summed E-state index contributed by atoms with van der Waals surface area (Å²) in [7, 11) is 1.71. The molecule has 0 spiro atoms. The number of aryl methyl sites for hydroxylation is 1. The molecule has 1 amide bonds. The highest BCUT2D eigenvalue weighted by Crippen LogP contribution is 2.22. The average Bonchev–Trinajstić information content (AvgIpc) is 3.23. The molecule has 4 aromatic rings. The summed E-state index contributed by atoms with van der Waals surface area (Å²) in [5.74, 6) is 0.263. The molecular formula is C23H24FN5O2S. The highest BCUT2D eigenvalue weighted by atomic mass is 32.2. The fraction of sp³-hybridized carbons (Fsp3) is 0.304. The van der Waals surface area contributed by atoms with Crippen LogP contribution in [0.5, 0.6) is 0 Å². The van der Waals surface area contributed by atoms with Crippen molar-refractivity contribution >= 4 is 34.3 Å². The van der Waals surface area contributed by atoms with Gasteiger partial charge in [0.25, 0.3) is 5.56 Å². The van der Waals surface area contributed by atoms with Crippen LogP contribution in [0.2, 0.25) is 0 Å². The van der Waals surface area contributed by atoms with Gasteiger partial charge < -0.3 is 4.90 Å². The van der Waals surface area contributed by atoms with Gasteiger partial charge in [0.05, 0.1) is 16.7 Å². The minimum atomic E-state index is -0.304. The third-order valence-electron chi connectivity index (χ3n) is 5.30. The molecule has 0 aliphatic heterocycles. The molecule has 9 heteroatoms. The number of aromatic nitrogens is 4. The summed E-state index contributed by atoms with van der Waals surface area (Å²) < 4.78 is 16.6. The first-order chi connectivity index (χ1) is 15.5. The zero-order valence-electron chi connectivity index (χ0n) is 18.0. The molecule has 4 rings (SSSR count). The average molecular weight is 454 g/mol. The predicted molar refractivity (Wildman–Crippen MR) is 123 cm³/mol. The van der Waals surface area contributed by atoms with Crippen LogP contribution in [0.25, 0.3) is 16.7 Å². The van der Waals surface area contributed by atoms with Crippen LogP contribution in [0.4, 0.5) is 4.39 Å². The molecule has 0 bridgehead atoms. The Morgan fingerprint density at radius 2 is 1.88 bits per heavy atom. The molecule has 0 saturated heterocycles. The molecule has 0 aliphatic carbocycles. The molecule has 0 aliphatic rings. The number of rotatable bonds is 8. The molecule has 0 atom stereocenters. The van der Waals surface area contributed by atoms with Crippen molar-refractivity contribution in [3.8, 4) is 0 Å². The van der Waals surface area contributed by atoms with E-state index in [2.05, 4.69) is 17.1 Å². The maximum atomic E-state index is 13.1. The van der Waals surface area contributed by atoms with E-state index in [0.29, 0.717) is 29.4 Å². The molecule has 2 aromatic carbocycles. The van der Waals surface area contributed by atoms with Gasteiger partial charge in [-0.1, -0.05) is 49.4 Å². The van der Waals surface area contributed by atoms with Gasteiger partial charge in [-0.2, -0.15) is 0 Å². The van der Waals surface area contributed by atoms with Crippen LogP contribution in [0.3, 0.4) is 0 Å². The maximum Gasteiger partial charge on any atom is 0.262 e. The number of amides is 1. The lowest BCUT2D eigenvalue weighted by molar-refractivity contribution is -0.127. The Bertz CT molecular complexity index is 1320. The van der Waals surface area contributed by atoms with Crippen LogP contribution in [0, 0.1) is 5.82 Å². The second-order valence-electron chi connectivity index (χ2n) is 7.61. The van der Waals surface area contributed by atoms with Gasteiger partial charge in [-0.25, -0.2) is 4.39 Å². The van der Waals surface area contributed by atoms with Crippen molar-refractivity contribution < 1.29 is 9.18 Å². The topological polar surface area (TPSA) is 72.5 Å². The van der Waals surface area contributed by atoms with Crippen LogP contribution in [-0.4, -0.2) is 42.8 Å². The van der Waals surface area contributed by atoms with Gasteiger partial charge in [-0.15, -0.1) is 10.2 Å².